The van der Waals surface area contributed by atoms with Gasteiger partial charge < -0.3 is 15.2 Å². The molecule has 0 bridgehead atoms. The Morgan fingerprint density at radius 1 is 1.32 bits per heavy atom. The molecule has 0 aliphatic carbocycles. The van der Waals surface area contributed by atoms with E-state index in [1.165, 1.54) is 5.56 Å². The Labute approximate surface area is 154 Å². The van der Waals surface area contributed by atoms with E-state index in [-0.39, 0.29) is 36.2 Å². The maximum atomic E-state index is 12.5. The molecule has 0 spiro atoms. The van der Waals surface area contributed by atoms with Crippen LogP contribution in [0.2, 0.25) is 0 Å². The van der Waals surface area contributed by atoms with E-state index in [2.05, 4.69) is 22.3 Å². The van der Waals surface area contributed by atoms with Gasteiger partial charge in [0.1, 0.15) is 0 Å². The van der Waals surface area contributed by atoms with E-state index in [9.17, 15) is 4.79 Å². The molecule has 2 atom stereocenters. The molecule has 0 unspecified atom stereocenters. The zero-order chi connectivity index (χ0) is 17.1. The molecule has 6 nitrogen and oxygen atoms in total. The fourth-order valence-corrected chi connectivity index (χ4v) is 3.06. The van der Waals surface area contributed by atoms with Gasteiger partial charge in [-0.15, -0.1) is 12.4 Å². The summed E-state index contributed by atoms with van der Waals surface area (Å²) in [5, 5.41) is 3.92. The molecule has 1 aliphatic rings. The highest BCUT2D eigenvalue weighted by molar-refractivity contribution is 5.85. The Kier molecular flexibility index (Phi) is 6.56. The summed E-state index contributed by atoms with van der Waals surface area (Å²) >= 11 is 0. The van der Waals surface area contributed by atoms with Crippen LogP contribution >= 0.6 is 12.4 Å². The summed E-state index contributed by atoms with van der Waals surface area (Å²) in [5.74, 6) is 1.72. The summed E-state index contributed by atoms with van der Waals surface area (Å²) in [6, 6.07) is 10.1. The van der Waals surface area contributed by atoms with Gasteiger partial charge in [0.25, 0.3) is 0 Å². The summed E-state index contributed by atoms with van der Waals surface area (Å²) in [4.78, 5) is 18.6. The number of nitrogens with two attached hydrogens (primary N) is 1. The van der Waals surface area contributed by atoms with Crippen LogP contribution in [0.1, 0.15) is 49.4 Å². The average Bonchev–Trinajstić information content (AvgIpc) is 3.20. The predicted octanol–water partition coefficient (Wildman–Crippen LogP) is 2.50. The van der Waals surface area contributed by atoms with Crippen molar-refractivity contribution in [1.29, 1.82) is 0 Å². The summed E-state index contributed by atoms with van der Waals surface area (Å²) in [6.07, 6.45) is 0.842. The number of likely N-dealkylation sites (tertiary alicyclic amines) is 1. The van der Waals surface area contributed by atoms with Crippen LogP contribution in [-0.2, 0) is 11.2 Å². The maximum Gasteiger partial charge on any atom is 0.227 e. The SMILES string of the molecule is CC(C)c1noc(CCC(=O)N2C[C@@H](N)[C@H](c3ccccc3)C2)n1.Cl. The molecule has 7 heteroatoms. The Hall–Kier alpha value is -1.92. The minimum Gasteiger partial charge on any atom is -0.340 e. The highest BCUT2D eigenvalue weighted by Crippen LogP contribution is 2.26. The molecular formula is C18H25ClN4O2. The standard InChI is InChI=1S/C18H24N4O2.ClH/c1-12(2)18-20-16(24-21-18)8-9-17(23)22-10-14(15(19)11-22)13-6-4-3-5-7-13;/h3-7,12,14-15H,8-11,19H2,1-2H3;1H/t14-,15+;/m0./s1. The first kappa shape index (κ1) is 19.4. The molecule has 0 radical (unpaired) electrons. The number of hydrogen-bond donors (Lipinski definition) is 1. The number of rotatable bonds is 5. The van der Waals surface area contributed by atoms with Gasteiger partial charge in [0.2, 0.25) is 11.8 Å². The number of halogens is 1. The second kappa shape index (κ2) is 8.45. The maximum absolute atomic E-state index is 12.5. The lowest BCUT2D eigenvalue weighted by atomic mass is 9.95. The third-order valence-corrected chi connectivity index (χ3v) is 4.50. The Morgan fingerprint density at radius 3 is 2.68 bits per heavy atom. The van der Waals surface area contributed by atoms with Gasteiger partial charge in [0.15, 0.2) is 5.82 Å². The largest absolute Gasteiger partial charge is 0.340 e. The average molecular weight is 365 g/mol. The van der Waals surface area contributed by atoms with Crippen molar-refractivity contribution in [3.8, 4) is 0 Å². The fraction of sp³-hybridized carbons (Fsp3) is 0.500. The molecular weight excluding hydrogens is 340 g/mol. The van der Waals surface area contributed by atoms with Gasteiger partial charge in [-0.25, -0.2) is 0 Å². The van der Waals surface area contributed by atoms with Gasteiger partial charge in [-0.3, -0.25) is 4.79 Å². The third kappa shape index (κ3) is 4.58. The predicted molar refractivity (Wildman–Crippen MR) is 97.7 cm³/mol. The molecule has 1 saturated heterocycles. The number of carbonyl (C=O) groups excluding carboxylic acids is 1. The lowest BCUT2D eigenvalue weighted by Crippen LogP contribution is -2.32. The second-order valence-corrected chi connectivity index (χ2v) is 6.68. The molecule has 2 aromatic rings. The second-order valence-electron chi connectivity index (χ2n) is 6.68. The minimum atomic E-state index is -0.0210. The quantitative estimate of drug-likeness (QED) is 0.880. The molecule has 1 aliphatic heterocycles. The van der Waals surface area contributed by atoms with Crippen LogP contribution in [0.15, 0.2) is 34.9 Å². The zero-order valence-electron chi connectivity index (χ0n) is 14.6. The van der Waals surface area contributed by atoms with Crippen molar-refractivity contribution in [1.82, 2.24) is 15.0 Å². The molecule has 2 heterocycles. The first-order valence-electron chi connectivity index (χ1n) is 8.45. The van der Waals surface area contributed by atoms with E-state index in [0.717, 1.165) is 0 Å². The molecule has 1 aromatic carbocycles. The van der Waals surface area contributed by atoms with Gasteiger partial charge >= 0.3 is 0 Å². The van der Waals surface area contributed by atoms with Crippen molar-refractivity contribution in [2.24, 2.45) is 5.73 Å². The number of aryl methyl sites for hydroxylation is 1. The first-order valence-corrected chi connectivity index (χ1v) is 8.45. The molecule has 3 rings (SSSR count). The van der Waals surface area contributed by atoms with E-state index in [4.69, 9.17) is 10.3 Å². The molecule has 25 heavy (non-hydrogen) atoms. The first-order chi connectivity index (χ1) is 11.5. The number of amides is 1. The highest BCUT2D eigenvalue weighted by atomic mass is 35.5. The number of hydrogen-bond acceptors (Lipinski definition) is 5. The zero-order valence-corrected chi connectivity index (χ0v) is 15.4. The van der Waals surface area contributed by atoms with Crippen molar-refractivity contribution in [3.05, 3.63) is 47.6 Å². The van der Waals surface area contributed by atoms with Gasteiger partial charge in [0, 0.05) is 43.8 Å². The van der Waals surface area contributed by atoms with Crippen LogP contribution in [-0.4, -0.2) is 40.1 Å². The van der Waals surface area contributed by atoms with E-state index < -0.39 is 0 Å². The topological polar surface area (TPSA) is 85.2 Å². The minimum absolute atomic E-state index is 0. The number of benzene rings is 1. The van der Waals surface area contributed by atoms with Crippen LogP contribution in [0.25, 0.3) is 0 Å². The number of carbonyl (C=O) groups is 1. The molecule has 1 aromatic heterocycles. The van der Waals surface area contributed by atoms with Crippen molar-refractivity contribution in [2.75, 3.05) is 13.1 Å². The van der Waals surface area contributed by atoms with Crippen molar-refractivity contribution < 1.29 is 9.32 Å². The molecule has 136 valence electrons. The van der Waals surface area contributed by atoms with Gasteiger partial charge in [-0.2, -0.15) is 4.98 Å². The number of aromatic nitrogens is 2. The summed E-state index contributed by atoms with van der Waals surface area (Å²) < 4.78 is 5.19. The Balaban J connectivity index is 0.00000225. The van der Waals surface area contributed by atoms with Crippen LogP contribution < -0.4 is 5.73 Å². The number of nitrogens with zero attached hydrogens (tertiary/aromatic N) is 3. The molecule has 0 saturated carbocycles. The molecule has 1 fully saturated rings. The summed E-state index contributed by atoms with van der Waals surface area (Å²) in [7, 11) is 0. The van der Waals surface area contributed by atoms with Gasteiger partial charge in [-0.05, 0) is 5.56 Å². The van der Waals surface area contributed by atoms with Crippen molar-refractivity contribution >= 4 is 18.3 Å². The van der Waals surface area contributed by atoms with E-state index in [1.807, 2.05) is 36.9 Å². The van der Waals surface area contributed by atoms with E-state index in [0.29, 0.717) is 37.6 Å². The van der Waals surface area contributed by atoms with Crippen LogP contribution in [0.4, 0.5) is 0 Å². The smallest absolute Gasteiger partial charge is 0.227 e. The van der Waals surface area contributed by atoms with Crippen molar-refractivity contribution in [3.63, 3.8) is 0 Å². The van der Waals surface area contributed by atoms with Crippen LogP contribution in [0, 0.1) is 0 Å². The molecule has 2 N–H and O–H groups in total. The van der Waals surface area contributed by atoms with Gasteiger partial charge in [-0.1, -0.05) is 49.3 Å². The van der Waals surface area contributed by atoms with E-state index in [1.54, 1.807) is 0 Å². The highest BCUT2D eigenvalue weighted by Gasteiger charge is 2.33. The van der Waals surface area contributed by atoms with Crippen molar-refractivity contribution in [2.45, 2.75) is 44.6 Å². The summed E-state index contributed by atoms with van der Waals surface area (Å²) in [5.41, 5.74) is 7.44. The van der Waals surface area contributed by atoms with Crippen LogP contribution in [0.3, 0.4) is 0 Å². The van der Waals surface area contributed by atoms with E-state index >= 15 is 0 Å². The molecule has 1 amide bonds. The summed E-state index contributed by atoms with van der Waals surface area (Å²) in [6.45, 7) is 5.29. The lowest BCUT2D eigenvalue weighted by Gasteiger charge is -2.16. The lowest BCUT2D eigenvalue weighted by molar-refractivity contribution is -0.130. The van der Waals surface area contributed by atoms with Crippen LogP contribution in [0.5, 0.6) is 0 Å². The fourth-order valence-electron chi connectivity index (χ4n) is 3.06. The Morgan fingerprint density at radius 2 is 2.04 bits per heavy atom. The Bertz CT molecular complexity index is 689. The normalized spacial score (nSPS) is 19.9. The third-order valence-electron chi connectivity index (χ3n) is 4.50. The van der Waals surface area contributed by atoms with Gasteiger partial charge in [0.05, 0.1) is 0 Å². The monoisotopic (exact) mass is 364 g/mol.